The average Bonchev–Trinajstić information content (AvgIpc) is 2.76. The third kappa shape index (κ3) is 4.51. The van der Waals surface area contributed by atoms with Crippen LogP contribution in [0.1, 0.15) is 70.1 Å². The molecule has 1 aromatic rings. The fourth-order valence-corrected chi connectivity index (χ4v) is 2.95. The minimum absolute atomic E-state index is 0.409. The van der Waals surface area contributed by atoms with E-state index in [4.69, 9.17) is 9.72 Å². The van der Waals surface area contributed by atoms with Crippen molar-refractivity contribution in [1.29, 1.82) is 0 Å². The fraction of sp³-hybridized carbons (Fsp3) is 0.875. The second-order valence-electron chi connectivity index (χ2n) is 5.95. The van der Waals surface area contributed by atoms with Crippen LogP contribution in [0.15, 0.2) is 0 Å². The first-order valence-corrected chi connectivity index (χ1v) is 8.47. The topological polar surface area (TPSA) is 43.2 Å². The van der Waals surface area contributed by atoms with Gasteiger partial charge in [0.2, 0.25) is 0 Å². The molecule has 0 aliphatic carbocycles. The van der Waals surface area contributed by atoms with Gasteiger partial charge in [-0.1, -0.05) is 26.2 Å². The summed E-state index contributed by atoms with van der Waals surface area (Å²) in [6, 6.07) is 0.409. The van der Waals surface area contributed by atoms with Crippen molar-refractivity contribution in [3.05, 3.63) is 11.6 Å². The number of hydrogen-bond acceptors (Lipinski definition) is 4. The van der Waals surface area contributed by atoms with E-state index in [2.05, 4.69) is 28.7 Å². The van der Waals surface area contributed by atoms with Gasteiger partial charge >= 0.3 is 0 Å². The molecule has 1 aromatic heterocycles. The van der Waals surface area contributed by atoms with Gasteiger partial charge in [-0.25, -0.2) is 9.67 Å². The summed E-state index contributed by atoms with van der Waals surface area (Å²) >= 11 is 0. The van der Waals surface area contributed by atoms with E-state index in [1.807, 2.05) is 6.92 Å². The van der Waals surface area contributed by atoms with Crippen LogP contribution in [-0.4, -0.2) is 39.9 Å². The maximum Gasteiger partial charge on any atom is 0.176 e. The van der Waals surface area contributed by atoms with Gasteiger partial charge in [-0.05, 0) is 39.8 Å². The first-order valence-electron chi connectivity index (χ1n) is 8.47. The van der Waals surface area contributed by atoms with Crippen LogP contribution in [0.25, 0.3) is 0 Å². The number of unbranched alkanes of at least 4 members (excludes halogenated alkanes) is 1. The molecule has 0 unspecified atom stereocenters. The first-order chi connectivity index (χ1) is 10.3. The number of hydrogen-bond donors (Lipinski definition) is 0. The van der Waals surface area contributed by atoms with Gasteiger partial charge in [-0.15, -0.1) is 0 Å². The van der Waals surface area contributed by atoms with Crippen molar-refractivity contribution in [3.63, 3.8) is 0 Å². The van der Waals surface area contributed by atoms with E-state index < -0.39 is 0 Å². The fourth-order valence-electron chi connectivity index (χ4n) is 2.95. The molecule has 0 saturated carbocycles. The number of nitrogens with zero attached hydrogens (tertiary/aromatic N) is 4. The van der Waals surface area contributed by atoms with Crippen molar-refractivity contribution in [1.82, 2.24) is 19.7 Å². The lowest BCUT2D eigenvalue weighted by Gasteiger charge is -2.25. The lowest BCUT2D eigenvalue weighted by molar-refractivity contribution is 0.128. The van der Waals surface area contributed by atoms with E-state index in [1.165, 1.54) is 32.1 Å². The van der Waals surface area contributed by atoms with Gasteiger partial charge in [0.15, 0.2) is 5.82 Å². The van der Waals surface area contributed by atoms with Crippen LogP contribution in [0.4, 0.5) is 0 Å². The van der Waals surface area contributed by atoms with Gasteiger partial charge in [0.1, 0.15) is 12.4 Å². The predicted molar refractivity (Wildman–Crippen MR) is 84.1 cm³/mol. The normalized spacial score (nSPS) is 20.6. The quantitative estimate of drug-likeness (QED) is 0.775. The number of likely N-dealkylation sites (tertiary alicyclic amines) is 1. The molecular weight excluding hydrogens is 264 g/mol. The molecule has 1 aliphatic rings. The molecule has 1 aliphatic heterocycles. The van der Waals surface area contributed by atoms with E-state index >= 15 is 0 Å². The van der Waals surface area contributed by atoms with Crippen LogP contribution < -0.4 is 0 Å². The second-order valence-corrected chi connectivity index (χ2v) is 5.95. The van der Waals surface area contributed by atoms with Gasteiger partial charge in [-0.3, -0.25) is 4.90 Å². The van der Waals surface area contributed by atoms with Crippen molar-refractivity contribution < 1.29 is 4.74 Å². The van der Waals surface area contributed by atoms with Crippen LogP contribution in [0, 0.1) is 0 Å². The largest absolute Gasteiger partial charge is 0.374 e. The third-order valence-electron chi connectivity index (χ3n) is 4.22. The van der Waals surface area contributed by atoms with Crippen molar-refractivity contribution in [2.45, 2.75) is 71.6 Å². The summed E-state index contributed by atoms with van der Waals surface area (Å²) in [5.41, 5.74) is 0. The van der Waals surface area contributed by atoms with Crippen LogP contribution in [0.5, 0.6) is 0 Å². The standard InChI is InChI=1S/C16H30N4O/c1-4-6-12-20-16(17-15(18-20)13-21-5-2)14-10-8-7-9-11-19(14)3/h14H,4-13H2,1-3H3/t14-/m1/s1. The zero-order valence-corrected chi connectivity index (χ0v) is 13.8. The maximum absolute atomic E-state index is 5.48. The summed E-state index contributed by atoms with van der Waals surface area (Å²) in [5.74, 6) is 1.98. The van der Waals surface area contributed by atoms with Gasteiger partial charge in [0.25, 0.3) is 0 Å². The van der Waals surface area contributed by atoms with Crippen LogP contribution in [0.2, 0.25) is 0 Å². The molecule has 1 saturated heterocycles. The summed E-state index contributed by atoms with van der Waals surface area (Å²) in [6.07, 6.45) is 7.44. The maximum atomic E-state index is 5.48. The van der Waals surface area contributed by atoms with Crippen LogP contribution in [0.3, 0.4) is 0 Å². The molecule has 1 atom stereocenters. The Bertz CT molecular complexity index is 418. The minimum atomic E-state index is 0.409. The Labute approximate surface area is 128 Å². The molecule has 0 amide bonds. The Morgan fingerprint density at radius 1 is 1.24 bits per heavy atom. The summed E-state index contributed by atoms with van der Waals surface area (Å²) in [4.78, 5) is 7.25. The summed E-state index contributed by atoms with van der Waals surface area (Å²) in [7, 11) is 2.22. The summed E-state index contributed by atoms with van der Waals surface area (Å²) in [6.45, 7) is 7.59. The van der Waals surface area contributed by atoms with E-state index in [9.17, 15) is 0 Å². The molecule has 0 N–H and O–H groups in total. The second kappa shape index (κ2) is 8.49. The Kier molecular flexibility index (Phi) is 6.64. The first kappa shape index (κ1) is 16.4. The smallest absolute Gasteiger partial charge is 0.176 e. The molecule has 2 heterocycles. The lowest BCUT2D eigenvalue weighted by Crippen LogP contribution is -2.27. The average molecular weight is 294 g/mol. The van der Waals surface area contributed by atoms with Crippen LogP contribution in [-0.2, 0) is 17.9 Å². The minimum Gasteiger partial charge on any atom is -0.374 e. The molecule has 0 aromatic carbocycles. The highest BCUT2D eigenvalue weighted by Crippen LogP contribution is 2.28. The molecule has 2 rings (SSSR count). The molecule has 0 bridgehead atoms. The molecule has 21 heavy (non-hydrogen) atoms. The highest BCUT2D eigenvalue weighted by molar-refractivity contribution is 5.00. The molecular formula is C16H30N4O. The van der Waals surface area contributed by atoms with Crippen molar-refractivity contribution in [2.24, 2.45) is 0 Å². The molecule has 1 fully saturated rings. The SMILES string of the molecule is CCCCn1nc(COCC)nc1[C@H]1CCCCCN1C. The van der Waals surface area contributed by atoms with Crippen molar-refractivity contribution in [3.8, 4) is 0 Å². The number of rotatable bonds is 7. The van der Waals surface area contributed by atoms with Gasteiger partial charge in [0.05, 0.1) is 6.04 Å². The van der Waals surface area contributed by atoms with E-state index in [0.29, 0.717) is 19.3 Å². The number of ether oxygens (including phenoxy) is 1. The van der Waals surface area contributed by atoms with Gasteiger partial charge in [-0.2, -0.15) is 5.10 Å². The molecule has 0 spiro atoms. The third-order valence-corrected chi connectivity index (χ3v) is 4.22. The zero-order chi connectivity index (χ0) is 15.1. The molecule has 120 valence electrons. The zero-order valence-electron chi connectivity index (χ0n) is 13.8. The van der Waals surface area contributed by atoms with Crippen molar-refractivity contribution in [2.75, 3.05) is 20.2 Å². The van der Waals surface area contributed by atoms with Crippen LogP contribution >= 0.6 is 0 Å². The molecule has 5 nitrogen and oxygen atoms in total. The van der Waals surface area contributed by atoms with Crippen molar-refractivity contribution >= 4 is 0 Å². The Morgan fingerprint density at radius 3 is 2.86 bits per heavy atom. The molecule has 5 heteroatoms. The van der Waals surface area contributed by atoms with Gasteiger partial charge in [0, 0.05) is 13.2 Å². The van der Waals surface area contributed by atoms with E-state index in [-0.39, 0.29) is 0 Å². The number of aromatic nitrogens is 3. The van der Waals surface area contributed by atoms with E-state index in [0.717, 1.165) is 31.2 Å². The highest BCUT2D eigenvalue weighted by atomic mass is 16.5. The highest BCUT2D eigenvalue weighted by Gasteiger charge is 2.25. The Hall–Kier alpha value is -0.940. The Morgan fingerprint density at radius 2 is 2.10 bits per heavy atom. The van der Waals surface area contributed by atoms with Gasteiger partial charge < -0.3 is 4.74 Å². The Balaban J connectivity index is 2.18. The summed E-state index contributed by atoms with van der Waals surface area (Å²) < 4.78 is 7.61. The predicted octanol–water partition coefficient (Wildman–Crippen LogP) is 3.16. The van der Waals surface area contributed by atoms with E-state index in [1.54, 1.807) is 0 Å². The number of aryl methyl sites for hydroxylation is 1. The molecule has 0 radical (unpaired) electrons. The monoisotopic (exact) mass is 294 g/mol. The summed E-state index contributed by atoms with van der Waals surface area (Å²) in [5, 5.41) is 4.68. The lowest BCUT2D eigenvalue weighted by atomic mass is 10.1.